The summed E-state index contributed by atoms with van der Waals surface area (Å²) < 4.78 is 0. The molecule has 0 N–H and O–H groups in total. The number of rotatable bonds is 2. The fourth-order valence-corrected chi connectivity index (χ4v) is 4.15. The molecule has 0 radical (unpaired) electrons. The highest BCUT2D eigenvalue weighted by molar-refractivity contribution is 5.95. The Morgan fingerprint density at radius 3 is 2.00 bits per heavy atom. The molecule has 5 heteroatoms. The summed E-state index contributed by atoms with van der Waals surface area (Å²) in [6, 6.07) is 7.73. The zero-order chi connectivity index (χ0) is 19.1. The quantitative estimate of drug-likeness (QED) is 0.817. The average Bonchev–Trinajstić information content (AvgIpc) is 2.91. The summed E-state index contributed by atoms with van der Waals surface area (Å²) in [5.74, 6) is 0.357. The summed E-state index contributed by atoms with van der Waals surface area (Å²) in [4.78, 5) is 31.7. The molecule has 2 saturated heterocycles. The zero-order valence-corrected chi connectivity index (χ0v) is 16.7. The van der Waals surface area contributed by atoms with Gasteiger partial charge in [0.15, 0.2) is 0 Å². The molecule has 1 spiro atoms. The van der Waals surface area contributed by atoms with Crippen molar-refractivity contribution in [3.63, 3.8) is 0 Å². The number of carbonyl (C=O) groups excluding carboxylic acids is 2. The molecule has 0 unspecified atom stereocenters. The normalized spacial score (nSPS) is 20.0. The number of hydrogen-bond acceptors (Lipinski definition) is 3. The SMILES string of the molecule is CN(C)c1ccc(C(=O)N2CCC3(CC2)CCN(C(C)(C)C)C3=O)cc1. The maximum atomic E-state index is 13.0. The fourth-order valence-electron chi connectivity index (χ4n) is 4.15. The molecular formula is C21H31N3O2. The minimum atomic E-state index is -0.251. The number of likely N-dealkylation sites (tertiary alicyclic amines) is 2. The number of benzene rings is 1. The molecule has 0 saturated carbocycles. The summed E-state index contributed by atoms with van der Waals surface area (Å²) in [5, 5.41) is 0. The summed E-state index contributed by atoms with van der Waals surface area (Å²) in [5.41, 5.74) is 1.43. The second-order valence-electron chi connectivity index (χ2n) is 8.89. The number of amides is 2. The molecule has 1 aromatic rings. The lowest BCUT2D eigenvalue weighted by molar-refractivity contribution is -0.141. The lowest BCUT2D eigenvalue weighted by Crippen LogP contribution is -2.49. The Hall–Kier alpha value is -2.04. The van der Waals surface area contributed by atoms with Crippen molar-refractivity contribution < 1.29 is 9.59 Å². The highest BCUT2D eigenvalue weighted by Gasteiger charge is 2.50. The van der Waals surface area contributed by atoms with Gasteiger partial charge in [-0.1, -0.05) is 0 Å². The number of piperidine rings is 1. The predicted molar refractivity (Wildman–Crippen MR) is 104 cm³/mol. The first kappa shape index (κ1) is 18.7. The smallest absolute Gasteiger partial charge is 0.253 e. The van der Waals surface area contributed by atoms with Crippen molar-refractivity contribution in [1.82, 2.24) is 9.80 Å². The molecular weight excluding hydrogens is 326 g/mol. The molecule has 3 rings (SSSR count). The van der Waals surface area contributed by atoms with Crippen LogP contribution in [-0.4, -0.2) is 60.9 Å². The van der Waals surface area contributed by atoms with E-state index in [1.807, 2.05) is 53.1 Å². The molecule has 1 aromatic carbocycles. The van der Waals surface area contributed by atoms with Gasteiger partial charge >= 0.3 is 0 Å². The molecule has 0 bridgehead atoms. The Morgan fingerprint density at radius 1 is 1.00 bits per heavy atom. The summed E-state index contributed by atoms with van der Waals surface area (Å²) in [7, 11) is 3.97. The van der Waals surface area contributed by atoms with E-state index in [1.165, 1.54) is 0 Å². The van der Waals surface area contributed by atoms with Crippen molar-refractivity contribution in [2.24, 2.45) is 5.41 Å². The largest absolute Gasteiger partial charge is 0.378 e. The number of carbonyl (C=O) groups is 2. The number of anilines is 1. The highest BCUT2D eigenvalue weighted by atomic mass is 16.2. The van der Waals surface area contributed by atoms with Crippen LogP contribution >= 0.6 is 0 Å². The van der Waals surface area contributed by atoms with Gasteiger partial charge in [0.25, 0.3) is 5.91 Å². The predicted octanol–water partition coefficient (Wildman–Crippen LogP) is 3.01. The van der Waals surface area contributed by atoms with Crippen molar-refractivity contribution >= 4 is 17.5 Å². The minimum absolute atomic E-state index is 0.0725. The Bertz CT molecular complexity index is 680. The first-order valence-corrected chi connectivity index (χ1v) is 9.53. The van der Waals surface area contributed by atoms with Crippen LogP contribution in [-0.2, 0) is 4.79 Å². The maximum Gasteiger partial charge on any atom is 0.253 e. The first-order valence-electron chi connectivity index (χ1n) is 9.53. The van der Waals surface area contributed by atoms with E-state index in [-0.39, 0.29) is 22.8 Å². The number of hydrogen-bond donors (Lipinski definition) is 0. The molecule has 2 aliphatic rings. The lowest BCUT2D eigenvalue weighted by atomic mass is 9.77. The molecule has 5 nitrogen and oxygen atoms in total. The van der Waals surface area contributed by atoms with Crippen LogP contribution in [0.3, 0.4) is 0 Å². The van der Waals surface area contributed by atoms with Crippen LogP contribution in [0.15, 0.2) is 24.3 Å². The van der Waals surface area contributed by atoms with Crippen LogP contribution in [0.4, 0.5) is 5.69 Å². The van der Waals surface area contributed by atoms with Gasteiger partial charge in [-0.2, -0.15) is 0 Å². The van der Waals surface area contributed by atoms with E-state index < -0.39 is 0 Å². The van der Waals surface area contributed by atoms with Crippen molar-refractivity contribution in [3.05, 3.63) is 29.8 Å². The molecule has 0 aromatic heterocycles. The van der Waals surface area contributed by atoms with E-state index in [9.17, 15) is 9.59 Å². The Kier molecular flexibility index (Phi) is 4.76. The summed E-state index contributed by atoms with van der Waals surface area (Å²) >= 11 is 0. The van der Waals surface area contributed by atoms with Gasteiger partial charge in [0.2, 0.25) is 5.91 Å². The van der Waals surface area contributed by atoms with Gasteiger partial charge < -0.3 is 14.7 Å². The highest BCUT2D eigenvalue weighted by Crippen LogP contribution is 2.43. The fraction of sp³-hybridized carbons (Fsp3) is 0.619. The Balaban J connectivity index is 1.65. The lowest BCUT2D eigenvalue weighted by Gasteiger charge is -2.39. The Morgan fingerprint density at radius 2 is 1.54 bits per heavy atom. The molecule has 0 atom stereocenters. The van der Waals surface area contributed by atoms with Crippen molar-refractivity contribution in [3.8, 4) is 0 Å². The monoisotopic (exact) mass is 357 g/mol. The summed E-state index contributed by atoms with van der Waals surface area (Å²) in [6.45, 7) is 8.46. The standard InChI is InChI=1S/C21H31N3O2/c1-20(2,3)24-15-12-21(19(24)26)10-13-23(14-11-21)18(25)16-6-8-17(9-7-16)22(4)5/h6-9H,10-15H2,1-5H3. The van der Waals surface area contributed by atoms with Crippen LogP contribution in [0.1, 0.15) is 50.4 Å². The van der Waals surface area contributed by atoms with Crippen LogP contribution in [0, 0.1) is 5.41 Å². The number of nitrogens with zero attached hydrogens (tertiary/aromatic N) is 3. The molecule has 0 aliphatic carbocycles. The van der Waals surface area contributed by atoms with E-state index in [2.05, 4.69) is 20.8 Å². The zero-order valence-electron chi connectivity index (χ0n) is 16.7. The van der Waals surface area contributed by atoms with Gasteiger partial charge in [-0.15, -0.1) is 0 Å². The first-order chi connectivity index (χ1) is 12.1. The third kappa shape index (κ3) is 3.31. The molecule has 2 heterocycles. The van der Waals surface area contributed by atoms with Gasteiger partial charge in [0, 0.05) is 50.5 Å². The van der Waals surface area contributed by atoms with Gasteiger partial charge in [-0.05, 0) is 64.3 Å². The average molecular weight is 357 g/mol. The van der Waals surface area contributed by atoms with Crippen LogP contribution in [0.25, 0.3) is 0 Å². The molecule has 2 fully saturated rings. The van der Waals surface area contributed by atoms with E-state index in [4.69, 9.17) is 0 Å². The molecule has 2 amide bonds. The van der Waals surface area contributed by atoms with Gasteiger partial charge in [-0.25, -0.2) is 0 Å². The van der Waals surface area contributed by atoms with Crippen molar-refractivity contribution in [2.75, 3.05) is 38.6 Å². The molecule has 142 valence electrons. The molecule has 26 heavy (non-hydrogen) atoms. The van der Waals surface area contributed by atoms with E-state index in [0.717, 1.165) is 37.1 Å². The van der Waals surface area contributed by atoms with Crippen LogP contribution in [0.2, 0.25) is 0 Å². The second-order valence-corrected chi connectivity index (χ2v) is 8.89. The van der Waals surface area contributed by atoms with Crippen molar-refractivity contribution in [2.45, 2.75) is 45.6 Å². The second kappa shape index (κ2) is 6.60. The molecule has 2 aliphatic heterocycles. The van der Waals surface area contributed by atoms with E-state index in [0.29, 0.717) is 13.1 Å². The van der Waals surface area contributed by atoms with E-state index >= 15 is 0 Å². The van der Waals surface area contributed by atoms with Gasteiger partial charge in [0.1, 0.15) is 0 Å². The minimum Gasteiger partial charge on any atom is -0.378 e. The third-order valence-corrected chi connectivity index (χ3v) is 5.96. The van der Waals surface area contributed by atoms with Crippen LogP contribution < -0.4 is 4.90 Å². The topological polar surface area (TPSA) is 43.9 Å². The van der Waals surface area contributed by atoms with E-state index in [1.54, 1.807) is 0 Å². The third-order valence-electron chi connectivity index (χ3n) is 5.96. The van der Waals surface area contributed by atoms with Crippen LogP contribution in [0.5, 0.6) is 0 Å². The maximum absolute atomic E-state index is 13.0. The summed E-state index contributed by atoms with van der Waals surface area (Å²) in [6.07, 6.45) is 2.47. The van der Waals surface area contributed by atoms with Gasteiger partial charge in [0.05, 0.1) is 5.41 Å². The van der Waals surface area contributed by atoms with Gasteiger partial charge in [-0.3, -0.25) is 9.59 Å². The Labute approximate surface area is 156 Å². The van der Waals surface area contributed by atoms with Crippen molar-refractivity contribution in [1.29, 1.82) is 0 Å².